The lowest BCUT2D eigenvalue weighted by molar-refractivity contribution is -0.144. The largest absolute Gasteiger partial charge is 0.458 e. The quantitative estimate of drug-likeness (QED) is 0.734. The van der Waals surface area contributed by atoms with Gasteiger partial charge in [-0.05, 0) is 37.3 Å². The number of carbonyl (C=O) groups is 1. The van der Waals surface area contributed by atoms with Crippen LogP contribution in [0.4, 0.5) is 13.2 Å². The van der Waals surface area contributed by atoms with E-state index in [4.69, 9.17) is 9.47 Å². The summed E-state index contributed by atoms with van der Waals surface area (Å²) in [5.74, 6) is 0.0141. The van der Waals surface area contributed by atoms with Crippen LogP contribution in [0, 0.1) is 0 Å². The highest BCUT2D eigenvalue weighted by Gasteiger charge is 2.45. The Morgan fingerprint density at radius 2 is 1.90 bits per heavy atom. The number of alkyl halides is 3. The van der Waals surface area contributed by atoms with Gasteiger partial charge in [0, 0.05) is 26.0 Å². The van der Waals surface area contributed by atoms with Crippen molar-refractivity contribution < 1.29 is 27.4 Å². The second kappa shape index (κ2) is 8.82. The Kier molecular flexibility index (Phi) is 6.13. The van der Waals surface area contributed by atoms with Crippen molar-refractivity contribution in [1.82, 2.24) is 14.9 Å². The third-order valence-corrected chi connectivity index (χ3v) is 5.94. The maximum absolute atomic E-state index is 13.7. The SMILES string of the molecule is O=C(N1CCCC(Oc2nccc(C(F)(F)F)n2)C1)C1(c2ccccc2)CCOCC1. The number of piperidine rings is 1. The molecule has 0 N–H and O–H groups in total. The van der Waals surface area contributed by atoms with E-state index < -0.39 is 23.4 Å². The maximum Gasteiger partial charge on any atom is 0.433 e. The summed E-state index contributed by atoms with van der Waals surface area (Å²) >= 11 is 0. The molecule has 1 unspecified atom stereocenters. The van der Waals surface area contributed by atoms with Crippen LogP contribution in [0.5, 0.6) is 6.01 Å². The number of nitrogens with zero attached hydrogens (tertiary/aromatic N) is 3. The number of halogens is 3. The lowest BCUT2D eigenvalue weighted by Gasteiger charge is -2.42. The number of amides is 1. The monoisotopic (exact) mass is 435 g/mol. The molecule has 1 aromatic carbocycles. The zero-order chi connectivity index (χ0) is 21.9. The van der Waals surface area contributed by atoms with E-state index in [1.165, 1.54) is 0 Å². The Labute approximate surface area is 178 Å². The van der Waals surface area contributed by atoms with Crippen molar-refractivity contribution in [1.29, 1.82) is 0 Å². The summed E-state index contributed by atoms with van der Waals surface area (Å²) in [6.07, 6.45) is -1.51. The molecule has 2 saturated heterocycles. The molecule has 3 heterocycles. The first-order valence-corrected chi connectivity index (χ1v) is 10.4. The van der Waals surface area contributed by atoms with Gasteiger partial charge >= 0.3 is 12.2 Å². The predicted molar refractivity (Wildman–Crippen MR) is 105 cm³/mol. The average molecular weight is 435 g/mol. The number of hydrogen-bond acceptors (Lipinski definition) is 5. The van der Waals surface area contributed by atoms with Gasteiger partial charge in [-0.3, -0.25) is 4.79 Å². The van der Waals surface area contributed by atoms with Gasteiger partial charge in [-0.15, -0.1) is 0 Å². The Hall–Kier alpha value is -2.68. The van der Waals surface area contributed by atoms with Crippen molar-refractivity contribution in [3.63, 3.8) is 0 Å². The molecule has 0 aliphatic carbocycles. The Bertz CT molecular complexity index is 902. The van der Waals surface area contributed by atoms with Crippen LogP contribution in [0.1, 0.15) is 36.9 Å². The molecule has 2 fully saturated rings. The van der Waals surface area contributed by atoms with Gasteiger partial charge in [0.25, 0.3) is 0 Å². The maximum atomic E-state index is 13.7. The van der Waals surface area contributed by atoms with E-state index in [0.29, 0.717) is 45.4 Å². The van der Waals surface area contributed by atoms with Crippen LogP contribution in [0.25, 0.3) is 0 Å². The van der Waals surface area contributed by atoms with Gasteiger partial charge in [0.05, 0.1) is 12.0 Å². The fourth-order valence-corrected chi connectivity index (χ4v) is 4.33. The fourth-order valence-electron chi connectivity index (χ4n) is 4.33. The summed E-state index contributed by atoms with van der Waals surface area (Å²) in [4.78, 5) is 22.8. The molecule has 2 aliphatic rings. The molecule has 2 aliphatic heterocycles. The lowest BCUT2D eigenvalue weighted by Crippen LogP contribution is -2.54. The summed E-state index contributed by atoms with van der Waals surface area (Å²) in [6.45, 7) is 1.88. The highest BCUT2D eigenvalue weighted by molar-refractivity contribution is 5.88. The van der Waals surface area contributed by atoms with E-state index in [9.17, 15) is 18.0 Å². The Morgan fingerprint density at radius 1 is 1.16 bits per heavy atom. The number of ether oxygens (including phenoxy) is 2. The molecule has 166 valence electrons. The van der Waals surface area contributed by atoms with Crippen LogP contribution in [0.2, 0.25) is 0 Å². The summed E-state index contributed by atoms with van der Waals surface area (Å²) < 4.78 is 49.9. The van der Waals surface area contributed by atoms with Crippen LogP contribution in [-0.4, -0.2) is 53.2 Å². The number of rotatable bonds is 4. The molecule has 0 bridgehead atoms. The zero-order valence-electron chi connectivity index (χ0n) is 17.0. The van der Waals surface area contributed by atoms with Gasteiger partial charge in [-0.1, -0.05) is 30.3 Å². The molecule has 1 atom stereocenters. The van der Waals surface area contributed by atoms with Crippen molar-refractivity contribution in [3.05, 3.63) is 53.9 Å². The van der Waals surface area contributed by atoms with Crippen molar-refractivity contribution in [2.24, 2.45) is 0 Å². The van der Waals surface area contributed by atoms with Crippen LogP contribution in [-0.2, 0) is 21.1 Å². The first-order valence-electron chi connectivity index (χ1n) is 10.4. The summed E-state index contributed by atoms with van der Waals surface area (Å²) in [6, 6.07) is 10.2. The predicted octanol–water partition coefficient (Wildman–Crippen LogP) is 3.61. The molecular weight excluding hydrogens is 411 g/mol. The molecule has 31 heavy (non-hydrogen) atoms. The number of benzene rings is 1. The minimum Gasteiger partial charge on any atom is -0.458 e. The van der Waals surface area contributed by atoms with Crippen LogP contribution in [0.3, 0.4) is 0 Å². The molecule has 0 spiro atoms. The standard InChI is InChI=1S/C22H24F3N3O3/c23-22(24,25)18-8-11-26-20(27-18)31-17-7-4-12-28(15-17)19(29)21(9-13-30-14-10-21)16-5-2-1-3-6-16/h1-3,5-6,8,11,17H,4,7,9-10,12-15H2. The first-order chi connectivity index (χ1) is 14.9. The average Bonchev–Trinajstić information content (AvgIpc) is 2.79. The van der Waals surface area contributed by atoms with Crippen molar-refractivity contribution in [3.8, 4) is 6.01 Å². The minimum absolute atomic E-state index is 0.0141. The summed E-state index contributed by atoms with van der Waals surface area (Å²) in [5, 5.41) is 0. The number of hydrogen-bond donors (Lipinski definition) is 0. The molecule has 6 nitrogen and oxygen atoms in total. The normalized spacial score (nSPS) is 21.5. The second-order valence-electron chi connectivity index (χ2n) is 7.92. The molecular formula is C22H24F3N3O3. The molecule has 2 aromatic rings. The topological polar surface area (TPSA) is 64.6 Å². The Morgan fingerprint density at radius 3 is 2.61 bits per heavy atom. The number of likely N-dealkylation sites (tertiary alicyclic amines) is 1. The highest BCUT2D eigenvalue weighted by Crippen LogP contribution is 2.37. The number of aromatic nitrogens is 2. The smallest absolute Gasteiger partial charge is 0.433 e. The molecule has 0 radical (unpaired) electrons. The van der Waals surface area contributed by atoms with Crippen molar-refractivity contribution in [2.75, 3.05) is 26.3 Å². The number of carbonyl (C=O) groups excluding carboxylic acids is 1. The summed E-state index contributed by atoms with van der Waals surface area (Å²) in [5.41, 5.74) is -0.743. The van der Waals surface area contributed by atoms with E-state index in [0.717, 1.165) is 17.8 Å². The van der Waals surface area contributed by atoms with Crippen molar-refractivity contribution >= 4 is 5.91 Å². The van der Waals surface area contributed by atoms with E-state index in [1.54, 1.807) is 4.90 Å². The Balaban J connectivity index is 1.51. The van der Waals surface area contributed by atoms with Gasteiger partial charge in [-0.2, -0.15) is 18.2 Å². The fraction of sp³-hybridized carbons (Fsp3) is 0.500. The van der Waals surface area contributed by atoms with Crippen LogP contribution < -0.4 is 4.74 Å². The molecule has 1 aromatic heterocycles. The van der Waals surface area contributed by atoms with Gasteiger partial charge in [0.2, 0.25) is 5.91 Å². The third-order valence-electron chi connectivity index (χ3n) is 5.94. The van der Waals surface area contributed by atoms with E-state index in [-0.39, 0.29) is 18.5 Å². The van der Waals surface area contributed by atoms with Crippen LogP contribution >= 0.6 is 0 Å². The zero-order valence-corrected chi connectivity index (χ0v) is 17.0. The van der Waals surface area contributed by atoms with Gasteiger partial charge in [0.15, 0.2) is 5.69 Å². The van der Waals surface area contributed by atoms with E-state index in [1.807, 2.05) is 30.3 Å². The van der Waals surface area contributed by atoms with Gasteiger partial charge in [0.1, 0.15) is 6.10 Å². The van der Waals surface area contributed by atoms with Gasteiger partial charge < -0.3 is 14.4 Å². The lowest BCUT2D eigenvalue weighted by atomic mass is 9.72. The van der Waals surface area contributed by atoms with E-state index >= 15 is 0 Å². The van der Waals surface area contributed by atoms with Crippen molar-refractivity contribution in [2.45, 2.75) is 43.4 Å². The summed E-state index contributed by atoms with van der Waals surface area (Å²) in [7, 11) is 0. The highest BCUT2D eigenvalue weighted by atomic mass is 19.4. The first kappa shape index (κ1) is 21.5. The molecule has 4 rings (SSSR count). The molecule has 1 amide bonds. The second-order valence-corrected chi connectivity index (χ2v) is 7.92. The van der Waals surface area contributed by atoms with Gasteiger partial charge in [-0.25, -0.2) is 4.98 Å². The van der Waals surface area contributed by atoms with Crippen LogP contribution in [0.15, 0.2) is 42.6 Å². The molecule has 9 heteroatoms. The molecule has 0 saturated carbocycles. The minimum atomic E-state index is -4.57. The third kappa shape index (κ3) is 4.66. The van der Waals surface area contributed by atoms with E-state index in [2.05, 4.69) is 9.97 Å².